The number of nitrogens with zero attached hydrogens (tertiary/aromatic N) is 2. The Hall–Kier alpha value is -2.04. The van der Waals surface area contributed by atoms with Crippen molar-refractivity contribution < 1.29 is 4.79 Å². The van der Waals surface area contributed by atoms with E-state index in [1.54, 1.807) is 0 Å². The summed E-state index contributed by atoms with van der Waals surface area (Å²) in [4.78, 5) is 18.6. The first-order valence-corrected chi connectivity index (χ1v) is 9.09. The molecule has 1 heterocycles. The van der Waals surface area contributed by atoms with Gasteiger partial charge in [-0.15, -0.1) is 0 Å². The Kier molecular flexibility index (Phi) is 5.38. The Morgan fingerprint density at radius 3 is 2.50 bits per heavy atom. The Morgan fingerprint density at radius 2 is 1.88 bits per heavy atom. The second-order valence-corrected chi connectivity index (χ2v) is 6.78. The minimum atomic E-state index is 0.133. The molecule has 5 heteroatoms. The number of carbonyl (C=O) groups is 1. The van der Waals surface area contributed by atoms with E-state index in [1.807, 2.05) is 11.8 Å². The third-order valence-corrected chi connectivity index (χ3v) is 5.01. The SMILES string of the molecule is CCNC(=NCC(=O)N1CCCC1)NCC1(c2ccccc2)CC1. The predicted octanol–water partition coefficient (Wildman–Crippen LogP) is 1.90. The molecule has 1 aromatic carbocycles. The summed E-state index contributed by atoms with van der Waals surface area (Å²) >= 11 is 0. The number of carbonyl (C=O) groups excluding carboxylic acids is 1. The van der Waals surface area contributed by atoms with Crippen molar-refractivity contribution in [3.8, 4) is 0 Å². The lowest BCUT2D eigenvalue weighted by Gasteiger charge is -2.19. The van der Waals surface area contributed by atoms with Crippen LogP contribution < -0.4 is 10.6 Å². The van der Waals surface area contributed by atoms with Gasteiger partial charge in [-0.05, 0) is 38.2 Å². The molecule has 1 aliphatic carbocycles. The molecule has 1 aliphatic heterocycles. The molecule has 130 valence electrons. The Labute approximate surface area is 144 Å². The molecular weight excluding hydrogens is 300 g/mol. The molecule has 3 rings (SSSR count). The van der Waals surface area contributed by atoms with Gasteiger partial charge in [0.1, 0.15) is 6.54 Å². The van der Waals surface area contributed by atoms with Gasteiger partial charge in [0.05, 0.1) is 0 Å². The van der Waals surface area contributed by atoms with Crippen LogP contribution in [0.3, 0.4) is 0 Å². The van der Waals surface area contributed by atoms with E-state index >= 15 is 0 Å². The topological polar surface area (TPSA) is 56.7 Å². The zero-order chi connectivity index (χ0) is 16.8. The molecule has 0 radical (unpaired) electrons. The fourth-order valence-electron chi connectivity index (χ4n) is 3.32. The molecule has 1 saturated carbocycles. The van der Waals surface area contributed by atoms with Crippen LogP contribution in [0.5, 0.6) is 0 Å². The van der Waals surface area contributed by atoms with Gasteiger partial charge in [0.2, 0.25) is 5.91 Å². The zero-order valence-corrected chi connectivity index (χ0v) is 14.6. The monoisotopic (exact) mass is 328 g/mol. The van der Waals surface area contributed by atoms with Crippen LogP contribution in [-0.2, 0) is 10.2 Å². The van der Waals surface area contributed by atoms with Gasteiger partial charge in [0.25, 0.3) is 0 Å². The number of rotatable bonds is 6. The second-order valence-electron chi connectivity index (χ2n) is 6.78. The number of benzene rings is 1. The van der Waals surface area contributed by atoms with Crippen LogP contribution in [0.15, 0.2) is 35.3 Å². The standard InChI is InChI=1S/C19H28N4O/c1-2-20-18(21-14-17(24)23-12-6-7-13-23)22-15-19(10-11-19)16-8-4-3-5-9-16/h3-5,8-9H,2,6-7,10-15H2,1H3,(H2,20,21,22). The van der Waals surface area contributed by atoms with E-state index < -0.39 is 0 Å². The largest absolute Gasteiger partial charge is 0.357 e. The Bertz CT molecular complexity index is 574. The number of hydrogen-bond donors (Lipinski definition) is 2. The summed E-state index contributed by atoms with van der Waals surface area (Å²) in [6, 6.07) is 10.7. The van der Waals surface area contributed by atoms with Crippen molar-refractivity contribution in [2.45, 2.75) is 38.0 Å². The lowest BCUT2D eigenvalue weighted by atomic mass is 9.96. The number of aliphatic imine (C=N–C) groups is 1. The Morgan fingerprint density at radius 1 is 1.17 bits per heavy atom. The number of guanidine groups is 1. The summed E-state index contributed by atoms with van der Waals surface area (Å²) in [5.41, 5.74) is 1.62. The summed E-state index contributed by atoms with van der Waals surface area (Å²) in [5, 5.41) is 6.68. The van der Waals surface area contributed by atoms with E-state index in [2.05, 4.69) is 46.0 Å². The van der Waals surface area contributed by atoms with Crippen LogP contribution in [0.4, 0.5) is 0 Å². The third kappa shape index (κ3) is 4.08. The first-order chi connectivity index (χ1) is 11.7. The summed E-state index contributed by atoms with van der Waals surface area (Å²) in [6.07, 6.45) is 4.65. The maximum atomic E-state index is 12.2. The van der Waals surface area contributed by atoms with Crippen molar-refractivity contribution in [2.24, 2.45) is 4.99 Å². The van der Waals surface area contributed by atoms with E-state index in [9.17, 15) is 4.79 Å². The van der Waals surface area contributed by atoms with E-state index in [0.717, 1.165) is 45.0 Å². The molecule has 2 aliphatic rings. The van der Waals surface area contributed by atoms with Crippen LogP contribution in [0.2, 0.25) is 0 Å². The highest BCUT2D eigenvalue weighted by Gasteiger charge is 2.44. The summed E-state index contributed by atoms with van der Waals surface area (Å²) in [6.45, 7) is 5.70. The lowest BCUT2D eigenvalue weighted by molar-refractivity contribution is -0.128. The van der Waals surface area contributed by atoms with Gasteiger partial charge in [-0.3, -0.25) is 4.79 Å². The molecule has 0 atom stereocenters. The molecule has 1 saturated heterocycles. The van der Waals surface area contributed by atoms with Gasteiger partial charge in [-0.25, -0.2) is 4.99 Å². The van der Waals surface area contributed by atoms with E-state index in [4.69, 9.17) is 0 Å². The molecule has 0 bridgehead atoms. The van der Waals surface area contributed by atoms with Crippen molar-refractivity contribution in [1.29, 1.82) is 0 Å². The molecule has 5 nitrogen and oxygen atoms in total. The number of hydrogen-bond acceptors (Lipinski definition) is 2. The maximum absolute atomic E-state index is 12.2. The maximum Gasteiger partial charge on any atom is 0.244 e. The summed E-state index contributed by atoms with van der Waals surface area (Å²) in [5.74, 6) is 0.876. The van der Waals surface area contributed by atoms with Gasteiger partial charge in [0, 0.05) is 31.6 Å². The molecule has 1 aromatic rings. The van der Waals surface area contributed by atoms with Crippen LogP contribution >= 0.6 is 0 Å². The smallest absolute Gasteiger partial charge is 0.244 e. The minimum Gasteiger partial charge on any atom is -0.357 e. The number of amides is 1. The van der Waals surface area contributed by atoms with E-state index in [-0.39, 0.29) is 17.9 Å². The minimum absolute atomic E-state index is 0.133. The first kappa shape index (κ1) is 16.8. The quantitative estimate of drug-likeness (QED) is 0.619. The molecule has 1 amide bonds. The predicted molar refractivity (Wildman–Crippen MR) is 97.1 cm³/mol. The van der Waals surface area contributed by atoms with Gasteiger partial charge >= 0.3 is 0 Å². The average Bonchev–Trinajstić information content (AvgIpc) is 3.21. The van der Waals surface area contributed by atoms with Crippen LogP contribution in [0, 0.1) is 0 Å². The normalized spacial score (nSPS) is 19.2. The Balaban J connectivity index is 1.56. The molecule has 0 spiro atoms. The molecule has 0 unspecified atom stereocenters. The highest BCUT2D eigenvalue weighted by atomic mass is 16.2. The third-order valence-electron chi connectivity index (χ3n) is 5.01. The zero-order valence-electron chi connectivity index (χ0n) is 14.6. The van der Waals surface area contributed by atoms with Gasteiger partial charge < -0.3 is 15.5 Å². The van der Waals surface area contributed by atoms with Crippen LogP contribution in [0.25, 0.3) is 0 Å². The number of nitrogens with one attached hydrogen (secondary N) is 2. The van der Waals surface area contributed by atoms with Crippen molar-refractivity contribution in [2.75, 3.05) is 32.7 Å². The fraction of sp³-hybridized carbons (Fsp3) is 0.579. The van der Waals surface area contributed by atoms with Crippen molar-refractivity contribution in [1.82, 2.24) is 15.5 Å². The van der Waals surface area contributed by atoms with E-state index in [1.165, 1.54) is 18.4 Å². The van der Waals surface area contributed by atoms with Crippen molar-refractivity contribution in [3.63, 3.8) is 0 Å². The molecule has 2 fully saturated rings. The van der Waals surface area contributed by atoms with Crippen molar-refractivity contribution >= 4 is 11.9 Å². The molecule has 2 N–H and O–H groups in total. The first-order valence-electron chi connectivity index (χ1n) is 9.09. The average molecular weight is 328 g/mol. The van der Waals surface area contributed by atoms with Gasteiger partial charge in [-0.2, -0.15) is 0 Å². The highest BCUT2D eigenvalue weighted by molar-refractivity contribution is 5.85. The van der Waals surface area contributed by atoms with E-state index in [0.29, 0.717) is 0 Å². The van der Waals surface area contributed by atoms with Crippen LogP contribution in [-0.4, -0.2) is 49.5 Å². The van der Waals surface area contributed by atoms with Gasteiger partial charge in [-0.1, -0.05) is 30.3 Å². The molecule has 24 heavy (non-hydrogen) atoms. The number of likely N-dealkylation sites (tertiary alicyclic amines) is 1. The summed E-state index contributed by atoms with van der Waals surface area (Å²) in [7, 11) is 0. The summed E-state index contributed by atoms with van der Waals surface area (Å²) < 4.78 is 0. The molecule has 0 aromatic heterocycles. The highest BCUT2D eigenvalue weighted by Crippen LogP contribution is 2.47. The fourth-order valence-corrected chi connectivity index (χ4v) is 3.32. The van der Waals surface area contributed by atoms with Crippen LogP contribution in [0.1, 0.15) is 38.2 Å². The molecular formula is C19H28N4O. The van der Waals surface area contributed by atoms with Crippen molar-refractivity contribution in [3.05, 3.63) is 35.9 Å². The second kappa shape index (κ2) is 7.69. The lowest BCUT2D eigenvalue weighted by Crippen LogP contribution is -2.42. The van der Waals surface area contributed by atoms with Gasteiger partial charge in [0.15, 0.2) is 5.96 Å².